The Morgan fingerprint density at radius 3 is 2.19 bits per heavy atom. The zero-order valence-electron chi connectivity index (χ0n) is 11.6. The van der Waals surface area contributed by atoms with Crippen LogP contribution in [0, 0.1) is 0 Å². The minimum absolute atomic E-state index is 0.293. The van der Waals surface area contributed by atoms with Gasteiger partial charge < -0.3 is 9.47 Å². The molecule has 0 aliphatic heterocycles. The van der Waals surface area contributed by atoms with Crippen molar-refractivity contribution in [2.45, 2.75) is 13.8 Å². The first-order chi connectivity index (χ1) is 9.88. The number of carbonyl (C=O) groups is 2. The van der Waals surface area contributed by atoms with Crippen LogP contribution in [0.2, 0.25) is 5.02 Å². The Morgan fingerprint density at radius 1 is 1.00 bits per heavy atom. The molecule has 2 aromatic rings. The van der Waals surface area contributed by atoms with Crippen molar-refractivity contribution in [1.29, 1.82) is 0 Å². The highest BCUT2D eigenvalue weighted by Crippen LogP contribution is 2.35. The van der Waals surface area contributed by atoms with Gasteiger partial charge in [-0.1, -0.05) is 18.2 Å². The van der Waals surface area contributed by atoms with Crippen LogP contribution in [0.25, 0.3) is 10.8 Å². The number of carbonyl (C=O) groups excluding carboxylic acids is 2. The van der Waals surface area contributed by atoms with Crippen molar-refractivity contribution in [3.05, 3.63) is 47.5 Å². The van der Waals surface area contributed by atoms with E-state index in [4.69, 9.17) is 21.1 Å². The Morgan fingerprint density at radius 2 is 1.62 bits per heavy atom. The van der Waals surface area contributed by atoms with Crippen molar-refractivity contribution in [3.8, 4) is 11.5 Å². The molecule has 0 bridgehead atoms. The molecule has 4 nitrogen and oxygen atoms in total. The molecule has 2 aromatic carbocycles. The number of rotatable bonds is 3. The Kier molecular flexibility index (Phi) is 4.29. The van der Waals surface area contributed by atoms with Gasteiger partial charge in [-0.25, -0.2) is 4.79 Å². The largest absolute Gasteiger partial charge is 0.426 e. The standard InChI is InChI=1S/C16H13ClO4/c1-9(2)16(19)21-14-6-7-15(20-10(3)18)13-8-11(17)4-5-12(13)14/h4-8H,1H2,2-3H3. The summed E-state index contributed by atoms with van der Waals surface area (Å²) < 4.78 is 10.4. The normalized spacial score (nSPS) is 10.2. The van der Waals surface area contributed by atoms with Crippen LogP contribution in [0.15, 0.2) is 42.5 Å². The molecule has 0 saturated heterocycles. The van der Waals surface area contributed by atoms with Gasteiger partial charge in [0, 0.05) is 28.3 Å². The SMILES string of the molecule is C=C(C)C(=O)Oc1ccc(OC(C)=O)c2cc(Cl)ccc12. The first-order valence-corrected chi connectivity index (χ1v) is 6.54. The molecule has 0 aliphatic carbocycles. The van der Waals surface area contributed by atoms with Crippen LogP contribution in [0.4, 0.5) is 0 Å². The van der Waals surface area contributed by atoms with Crippen LogP contribution >= 0.6 is 11.6 Å². The van der Waals surface area contributed by atoms with Crippen LogP contribution in [0.1, 0.15) is 13.8 Å². The van der Waals surface area contributed by atoms with Crippen LogP contribution in [-0.4, -0.2) is 11.9 Å². The lowest BCUT2D eigenvalue weighted by Crippen LogP contribution is -2.09. The van der Waals surface area contributed by atoms with Crippen LogP contribution in [0.3, 0.4) is 0 Å². The molecule has 21 heavy (non-hydrogen) atoms. The molecule has 0 saturated carbocycles. The highest BCUT2D eigenvalue weighted by Gasteiger charge is 2.13. The van der Waals surface area contributed by atoms with E-state index in [0.717, 1.165) is 0 Å². The third kappa shape index (κ3) is 3.41. The van der Waals surface area contributed by atoms with Gasteiger partial charge in [0.2, 0.25) is 0 Å². The van der Waals surface area contributed by atoms with Crippen LogP contribution in [0.5, 0.6) is 11.5 Å². The van der Waals surface area contributed by atoms with Crippen molar-refractivity contribution >= 4 is 34.3 Å². The number of esters is 2. The van der Waals surface area contributed by atoms with E-state index in [1.165, 1.54) is 6.92 Å². The predicted molar refractivity (Wildman–Crippen MR) is 80.7 cm³/mol. The second kappa shape index (κ2) is 5.97. The van der Waals surface area contributed by atoms with E-state index >= 15 is 0 Å². The fourth-order valence-electron chi connectivity index (χ4n) is 1.79. The number of hydrogen-bond donors (Lipinski definition) is 0. The Balaban J connectivity index is 2.57. The second-order valence-corrected chi connectivity index (χ2v) is 4.95. The minimum atomic E-state index is -0.522. The maximum Gasteiger partial charge on any atom is 0.338 e. The maximum atomic E-state index is 11.7. The van der Waals surface area contributed by atoms with E-state index in [-0.39, 0.29) is 0 Å². The Hall–Kier alpha value is -2.33. The van der Waals surface area contributed by atoms with Gasteiger partial charge in [-0.15, -0.1) is 0 Å². The van der Waals surface area contributed by atoms with Gasteiger partial charge in [-0.3, -0.25) is 4.79 Å². The molecule has 2 rings (SSSR count). The van der Waals surface area contributed by atoms with Crippen molar-refractivity contribution in [2.75, 3.05) is 0 Å². The molecule has 108 valence electrons. The summed E-state index contributed by atoms with van der Waals surface area (Å²) in [5.41, 5.74) is 0.293. The smallest absolute Gasteiger partial charge is 0.338 e. The van der Waals surface area contributed by atoms with E-state index in [1.807, 2.05) is 0 Å². The second-order valence-electron chi connectivity index (χ2n) is 4.52. The summed E-state index contributed by atoms with van der Waals surface area (Å²) in [4.78, 5) is 22.8. The number of hydrogen-bond acceptors (Lipinski definition) is 4. The number of ether oxygens (including phenoxy) is 2. The van der Waals surface area contributed by atoms with Crippen LogP contribution < -0.4 is 9.47 Å². The van der Waals surface area contributed by atoms with Gasteiger partial charge in [-0.2, -0.15) is 0 Å². The summed E-state index contributed by atoms with van der Waals surface area (Å²) in [6.45, 7) is 6.41. The Bertz CT molecular complexity index is 749. The molecule has 0 fully saturated rings. The predicted octanol–water partition coefficient (Wildman–Crippen LogP) is 3.90. The molecular formula is C16H13ClO4. The highest BCUT2D eigenvalue weighted by atomic mass is 35.5. The summed E-state index contributed by atoms with van der Waals surface area (Å²) in [6.07, 6.45) is 0. The molecule has 5 heteroatoms. The lowest BCUT2D eigenvalue weighted by Gasteiger charge is -2.11. The molecule has 0 amide bonds. The van der Waals surface area contributed by atoms with Crippen molar-refractivity contribution in [1.82, 2.24) is 0 Å². The molecule has 0 aromatic heterocycles. The molecule has 0 atom stereocenters. The molecule has 0 radical (unpaired) electrons. The molecule has 0 N–H and O–H groups in total. The zero-order chi connectivity index (χ0) is 15.6. The molecule has 0 heterocycles. The quantitative estimate of drug-likeness (QED) is 0.490. The summed E-state index contributed by atoms with van der Waals surface area (Å²) >= 11 is 5.97. The Labute approximate surface area is 126 Å². The van der Waals surface area contributed by atoms with E-state index < -0.39 is 11.9 Å². The van der Waals surface area contributed by atoms with E-state index in [2.05, 4.69) is 6.58 Å². The van der Waals surface area contributed by atoms with Crippen molar-refractivity contribution in [3.63, 3.8) is 0 Å². The monoisotopic (exact) mass is 304 g/mol. The van der Waals surface area contributed by atoms with Crippen molar-refractivity contribution in [2.24, 2.45) is 0 Å². The number of fused-ring (bicyclic) bond motifs is 1. The summed E-state index contributed by atoms with van der Waals surface area (Å²) in [6, 6.07) is 8.13. The summed E-state index contributed by atoms with van der Waals surface area (Å²) in [5.74, 6) is -0.255. The molecule has 0 spiro atoms. The van der Waals surface area contributed by atoms with Gasteiger partial charge in [0.05, 0.1) is 0 Å². The van der Waals surface area contributed by atoms with E-state index in [1.54, 1.807) is 37.3 Å². The highest BCUT2D eigenvalue weighted by molar-refractivity contribution is 6.31. The zero-order valence-corrected chi connectivity index (χ0v) is 12.4. The van der Waals surface area contributed by atoms with Gasteiger partial charge in [-0.05, 0) is 37.3 Å². The minimum Gasteiger partial charge on any atom is -0.426 e. The fourth-order valence-corrected chi connectivity index (χ4v) is 1.96. The molecular weight excluding hydrogens is 292 g/mol. The van der Waals surface area contributed by atoms with Crippen molar-refractivity contribution < 1.29 is 19.1 Å². The maximum absolute atomic E-state index is 11.7. The lowest BCUT2D eigenvalue weighted by atomic mass is 10.1. The first kappa shape index (κ1) is 15.1. The van der Waals surface area contributed by atoms with Gasteiger partial charge in [0.15, 0.2) is 0 Å². The van der Waals surface area contributed by atoms with E-state index in [0.29, 0.717) is 32.9 Å². The topological polar surface area (TPSA) is 52.6 Å². The summed E-state index contributed by atoms with van der Waals surface area (Å²) in [7, 11) is 0. The summed E-state index contributed by atoms with van der Waals surface area (Å²) in [5, 5.41) is 1.69. The van der Waals surface area contributed by atoms with Gasteiger partial charge in [0.1, 0.15) is 11.5 Å². The number of benzene rings is 2. The lowest BCUT2D eigenvalue weighted by molar-refractivity contribution is -0.132. The molecule has 0 aliphatic rings. The third-order valence-corrected chi connectivity index (χ3v) is 2.94. The van der Waals surface area contributed by atoms with E-state index in [9.17, 15) is 9.59 Å². The molecule has 0 unspecified atom stereocenters. The van der Waals surface area contributed by atoms with Crippen LogP contribution in [-0.2, 0) is 9.59 Å². The van der Waals surface area contributed by atoms with Gasteiger partial charge in [0.25, 0.3) is 0 Å². The number of halogens is 1. The average Bonchev–Trinajstić information content (AvgIpc) is 2.40. The van der Waals surface area contributed by atoms with Gasteiger partial charge >= 0.3 is 11.9 Å². The third-order valence-electron chi connectivity index (χ3n) is 2.70. The first-order valence-electron chi connectivity index (χ1n) is 6.17. The average molecular weight is 305 g/mol. The fraction of sp³-hybridized carbons (Fsp3) is 0.125.